The third-order valence-corrected chi connectivity index (χ3v) is 12.3. The number of fused-ring (bicyclic) bond motifs is 3. The van der Waals surface area contributed by atoms with Crippen molar-refractivity contribution in [2.45, 2.75) is 147 Å². The summed E-state index contributed by atoms with van der Waals surface area (Å²) in [6.07, 6.45) is 17.9. The molecule has 0 aromatic carbocycles. The van der Waals surface area contributed by atoms with Crippen LogP contribution in [0, 0.1) is 47.5 Å². The number of piperidine rings is 1. The largest absolute Gasteiger partial charge is 0.462 e. The van der Waals surface area contributed by atoms with Gasteiger partial charge >= 0.3 is 5.97 Å². The highest BCUT2D eigenvalue weighted by atomic mass is 16.5. The number of nitrogens with one attached hydrogen (secondary N) is 1. The van der Waals surface area contributed by atoms with Gasteiger partial charge in [-0.2, -0.15) is 0 Å². The number of aliphatic hydroxyl groups is 1. The summed E-state index contributed by atoms with van der Waals surface area (Å²) < 4.78 is 11.4. The molecule has 260 valence electrons. The first-order valence-electron chi connectivity index (χ1n) is 18.8. The Balaban J connectivity index is 1.40. The second-order valence-electron chi connectivity index (χ2n) is 15.4. The lowest BCUT2D eigenvalue weighted by molar-refractivity contribution is -0.706. The van der Waals surface area contributed by atoms with Crippen molar-refractivity contribution in [2.24, 2.45) is 34.1 Å². The number of allylic oxidation sites excluding steroid dienone is 1. The van der Waals surface area contributed by atoms with Crippen LogP contribution in [0.15, 0.2) is 16.1 Å². The van der Waals surface area contributed by atoms with Gasteiger partial charge in [-0.3, -0.25) is 14.9 Å². The average molecular weight is 652 g/mol. The van der Waals surface area contributed by atoms with Crippen molar-refractivity contribution in [1.82, 2.24) is 5.32 Å². The van der Waals surface area contributed by atoms with E-state index in [9.17, 15) is 14.7 Å². The topological polar surface area (TPSA) is 114 Å². The van der Waals surface area contributed by atoms with Gasteiger partial charge in [-0.1, -0.05) is 44.4 Å². The highest BCUT2D eigenvalue weighted by Crippen LogP contribution is 2.51. The first-order valence-corrected chi connectivity index (χ1v) is 18.8. The minimum absolute atomic E-state index is 0.0924. The van der Waals surface area contributed by atoms with Crippen LogP contribution < -0.4 is 10.6 Å². The Bertz CT molecular complexity index is 1180. The number of hydrogen-bond acceptors (Lipinski definition) is 7. The molecule has 5 rings (SSSR count). The van der Waals surface area contributed by atoms with Gasteiger partial charge in [-0.25, -0.2) is 0 Å². The maximum Gasteiger partial charge on any atom is 0.302 e. The van der Waals surface area contributed by atoms with Gasteiger partial charge in [0.15, 0.2) is 6.21 Å². The molecule has 3 aliphatic heterocycles. The molecule has 0 radical (unpaired) electrons. The molecule has 4 N–H and O–H groups in total. The predicted molar refractivity (Wildman–Crippen MR) is 184 cm³/mol. The number of carbonyl (C=O) groups is 2. The molecule has 8 atom stereocenters. The summed E-state index contributed by atoms with van der Waals surface area (Å²) in [6, 6.07) is 0. The van der Waals surface area contributed by atoms with E-state index in [2.05, 4.69) is 47.1 Å². The van der Waals surface area contributed by atoms with Crippen molar-refractivity contribution < 1.29 is 29.5 Å². The molecule has 3 heterocycles. The number of aliphatic imine (C=N–C) groups is 1. The fourth-order valence-electron chi connectivity index (χ4n) is 9.50. The molecule has 47 heavy (non-hydrogen) atoms. The van der Waals surface area contributed by atoms with Crippen LogP contribution in [0.2, 0.25) is 0 Å². The SMILES string of the molecule is CC[C@@H]1CC[C@@H](OC(C)=O)CC(=O)C[C@H](C2CCC(O)C(OC)C2)C#CCNC2CC(CC[NH2+]2)C2(CCCCC2)CC2=C([CH+]N=C2)C1. The quantitative estimate of drug-likeness (QED) is 0.223. The van der Waals surface area contributed by atoms with Gasteiger partial charge in [-0.15, -0.1) is 4.99 Å². The normalized spacial score (nSPS) is 35.7. The maximum absolute atomic E-state index is 13.6. The molecular weight excluding hydrogens is 590 g/mol. The lowest BCUT2D eigenvalue weighted by Gasteiger charge is -2.45. The molecule has 2 saturated carbocycles. The van der Waals surface area contributed by atoms with E-state index in [1.54, 1.807) is 7.11 Å². The van der Waals surface area contributed by atoms with E-state index in [1.165, 1.54) is 56.6 Å². The lowest BCUT2D eigenvalue weighted by atomic mass is 9.60. The summed E-state index contributed by atoms with van der Waals surface area (Å²) >= 11 is 0. The summed E-state index contributed by atoms with van der Waals surface area (Å²) in [6.45, 7) is 7.53. The molecule has 1 spiro atoms. The van der Waals surface area contributed by atoms with Crippen molar-refractivity contribution >= 4 is 18.0 Å². The highest BCUT2D eigenvalue weighted by molar-refractivity contribution is 5.84. The van der Waals surface area contributed by atoms with Crippen molar-refractivity contribution in [2.75, 3.05) is 20.2 Å². The number of quaternary nitrogens is 1. The van der Waals surface area contributed by atoms with Crippen LogP contribution >= 0.6 is 0 Å². The number of carbonyl (C=O) groups excluding carboxylic acids is 2. The van der Waals surface area contributed by atoms with Crippen LogP contribution in [0.4, 0.5) is 0 Å². The maximum atomic E-state index is 13.6. The number of Topliss-reactive ketones (excluding diaryl/α,β-unsaturated/α-hetero) is 1. The Kier molecular flexibility index (Phi) is 13.4. The van der Waals surface area contributed by atoms with Gasteiger partial charge in [0.2, 0.25) is 0 Å². The minimum atomic E-state index is -0.476. The number of nitrogens with zero attached hydrogens (tertiary/aromatic N) is 1. The van der Waals surface area contributed by atoms with E-state index in [-0.39, 0.29) is 36.1 Å². The fourth-order valence-corrected chi connectivity index (χ4v) is 9.50. The number of nitrogens with two attached hydrogens (primary N) is 1. The lowest BCUT2D eigenvalue weighted by Crippen LogP contribution is -2.95. The van der Waals surface area contributed by atoms with Crippen molar-refractivity contribution in [1.29, 1.82) is 0 Å². The number of aliphatic hydroxyl groups excluding tert-OH is 1. The molecule has 2 aliphatic carbocycles. The van der Waals surface area contributed by atoms with Gasteiger partial charge < -0.3 is 19.9 Å². The van der Waals surface area contributed by atoms with E-state index in [0.29, 0.717) is 55.6 Å². The van der Waals surface area contributed by atoms with E-state index in [1.807, 2.05) is 0 Å². The Morgan fingerprint density at radius 3 is 2.72 bits per heavy atom. The number of ether oxygens (including phenoxy) is 2. The Labute approximate surface area is 283 Å². The average Bonchev–Trinajstić information content (AvgIpc) is 3.50. The summed E-state index contributed by atoms with van der Waals surface area (Å²) in [5, 5.41) is 16.7. The van der Waals surface area contributed by atoms with Crippen LogP contribution in [0.5, 0.6) is 0 Å². The van der Waals surface area contributed by atoms with Crippen molar-refractivity contribution in [3.63, 3.8) is 0 Å². The van der Waals surface area contributed by atoms with Gasteiger partial charge in [0.25, 0.3) is 0 Å². The van der Waals surface area contributed by atoms with Crippen LogP contribution in [-0.4, -0.2) is 67.8 Å². The summed E-state index contributed by atoms with van der Waals surface area (Å²) in [4.78, 5) is 30.4. The van der Waals surface area contributed by atoms with Crippen molar-refractivity contribution in [3.05, 3.63) is 17.7 Å². The summed E-state index contributed by atoms with van der Waals surface area (Å²) in [7, 11) is 1.65. The van der Waals surface area contributed by atoms with E-state index in [4.69, 9.17) is 9.47 Å². The number of esters is 1. The fraction of sp³-hybridized carbons (Fsp3) is 0.795. The van der Waals surface area contributed by atoms with Crippen LogP contribution in [0.25, 0.3) is 0 Å². The Morgan fingerprint density at radius 1 is 1.13 bits per heavy atom. The van der Waals surface area contributed by atoms with E-state index in [0.717, 1.165) is 45.1 Å². The summed E-state index contributed by atoms with van der Waals surface area (Å²) in [5.74, 6) is 7.89. The Hall–Kier alpha value is -2.18. The third-order valence-electron chi connectivity index (χ3n) is 12.3. The first kappa shape index (κ1) is 36.1. The molecule has 2 bridgehead atoms. The smallest absolute Gasteiger partial charge is 0.302 e. The van der Waals surface area contributed by atoms with Gasteiger partial charge in [-0.05, 0) is 68.1 Å². The minimum Gasteiger partial charge on any atom is -0.462 e. The van der Waals surface area contributed by atoms with Crippen LogP contribution in [0.1, 0.15) is 123 Å². The number of ketones is 1. The number of methoxy groups -OCH3 is 1. The molecule has 8 heteroatoms. The van der Waals surface area contributed by atoms with E-state index < -0.39 is 12.2 Å². The van der Waals surface area contributed by atoms with Gasteiger partial charge in [0, 0.05) is 58.5 Å². The zero-order valence-electron chi connectivity index (χ0n) is 29.3. The van der Waals surface area contributed by atoms with Gasteiger partial charge in [0.05, 0.1) is 30.9 Å². The molecule has 5 aliphatic rings. The number of hydrogen-bond donors (Lipinski definition) is 3. The van der Waals surface area contributed by atoms with Gasteiger partial charge in [0.1, 0.15) is 30.2 Å². The zero-order valence-corrected chi connectivity index (χ0v) is 29.3. The molecule has 5 unspecified atom stereocenters. The molecule has 0 amide bonds. The summed E-state index contributed by atoms with van der Waals surface area (Å²) in [5.41, 5.74) is 3.16. The second kappa shape index (κ2) is 17.5. The molecule has 0 aromatic heterocycles. The molecular formula is C39H61N3O5+2. The number of rotatable bonds is 4. The first-order chi connectivity index (χ1) is 22.8. The van der Waals surface area contributed by atoms with Crippen LogP contribution in [-0.2, 0) is 19.1 Å². The monoisotopic (exact) mass is 651 g/mol. The van der Waals surface area contributed by atoms with Crippen molar-refractivity contribution in [3.8, 4) is 11.8 Å². The molecule has 1 saturated heterocycles. The molecule has 0 aromatic rings. The predicted octanol–water partition coefficient (Wildman–Crippen LogP) is 5.05. The third kappa shape index (κ3) is 9.94. The highest BCUT2D eigenvalue weighted by Gasteiger charge is 2.46. The Morgan fingerprint density at radius 2 is 1.96 bits per heavy atom. The molecule has 8 nitrogen and oxygen atoms in total. The second-order valence-corrected chi connectivity index (χ2v) is 15.4. The molecule has 3 fully saturated rings. The van der Waals surface area contributed by atoms with E-state index >= 15 is 0 Å². The van der Waals surface area contributed by atoms with Crippen LogP contribution in [0.3, 0.4) is 0 Å². The standard InChI is InChI=1S/C39H60N3O5/c1-4-28-10-12-35(47-27(2)43)23-34(44)20-29(30-11-13-36(45)37(21-30)46-3)9-8-17-41-38-22-33(14-18-42-38)39(15-6-5-7-16-39)24-32-26-40-25-31(32)19-28/h25-26,28-30,33,35-38,41-42,45H,4-7,10-24H2,1-3H3/q+1/p+1/t28-,29-,30?,33?,35-,36?,37?,38?/m1/s1. The zero-order chi connectivity index (χ0) is 33.2.